The number of hydrogen-bond acceptors (Lipinski definition) is 12. The lowest BCUT2D eigenvalue weighted by Crippen LogP contribution is -2.15. The summed E-state index contributed by atoms with van der Waals surface area (Å²) in [7, 11) is 0. The molecule has 0 fully saturated rings. The number of aromatic hydroxyl groups is 10. The molecule has 10 aromatic rings. The van der Waals surface area contributed by atoms with Crippen molar-refractivity contribution in [1.82, 2.24) is 0 Å². The molecule has 124 heavy (non-hydrogen) atoms. The molecular formula is C112H144O12. The number of rotatable bonds is 0. The van der Waals surface area contributed by atoms with Crippen LogP contribution in [0.2, 0.25) is 0 Å². The summed E-state index contributed by atoms with van der Waals surface area (Å²) < 4.78 is 13.4. The van der Waals surface area contributed by atoms with Crippen LogP contribution in [0.15, 0.2) is 121 Å². The second kappa shape index (κ2) is 34.1. The summed E-state index contributed by atoms with van der Waals surface area (Å²) in [5.74, 6) is 0.335. The molecule has 1 aliphatic rings. The molecule has 0 radical (unpaired) electrons. The maximum atomic E-state index is 12.9. The van der Waals surface area contributed by atoms with E-state index in [9.17, 15) is 51.1 Å². The Morgan fingerprint density at radius 2 is 0.210 bits per heavy atom. The predicted octanol–water partition coefficient (Wildman–Crippen LogP) is 26.2. The van der Waals surface area contributed by atoms with E-state index in [2.05, 4.69) is 208 Å². The molecule has 0 unspecified atom stereocenters. The van der Waals surface area contributed by atoms with Crippen molar-refractivity contribution in [2.45, 2.75) is 340 Å². The third-order valence-electron chi connectivity index (χ3n) is 25.4. The first-order valence-electron chi connectivity index (χ1n) is 44.5. The summed E-state index contributed by atoms with van der Waals surface area (Å²) in [5.41, 5.74) is 17.2. The molecule has 0 saturated carbocycles. The summed E-state index contributed by atoms with van der Waals surface area (Å²) in [6, 6.07) is 40.2. The summed E-state index contributed by atoms with van der Waals surface area (Å²) in [5, 5.41) is 128. The van der Waals surface area contributed by atoms with Crippen LogP contribution in [0.1, 0.15) is 375 Å². The fraction of sp³-hybridized carbons (Fsp3) is 0.464. The van der Waals surface area contributed by atoms with Gasteiger partial charge < -0.3 is 60.5 Å². The fourth-order valence-electron chi connectivity index (χ4n) is 16.7. The monoisotopic (exact) mass is 1680 g/mol. The van der Waals surface area contributed by atoms with Crippen LogP contribution < -0.4 is 0 Å². The Morgan fingerprint density at radius 3 is 0.290 bits per heavy atom. The lowest BCUT2D eigenvalue weighted by atomic mass is 9.80. The highest BCUT2D eigenvalue weighted by Crippen LogP contribution is 2.48. The van der Waals surface area contributed by atoms with Crippen LogP contribution in [0.4, 0.5) is 0 Å². The first-order valence-corrected chi connectivity index (χ1v) is 44.5. The van der Waals surface area contributed by atoms with Crippen LogP contribution in [-0.4, -0.2) is 51.1 Å². The number of hydrogen-bond donors (Lipinski definition) is 10. The maximum absolute atomic E-state index is 12.9. The Morgan fingerprint density at radius 1 is 0.137 bits per heavy atom. The maximum Gasteiger partial charge on any atom is 0.124 e. The second-order valence-corrected chi connectivity index (χ2v) is 46.3. The molecular weight excluding hydrogens is 1540 g/mol. The molecule has 12 nitrogen and oxygen atoms in total. The lowest BCUT2D eigenvalue weighted by molar-refractivity contribution is 0.103. The Balaban J connectivity index is 1.10. The van der Waals surface area contributed by atoms with E-state index in [0.717, 1.165) is 55.6 Å². The molecule has 664 valence electrons. The largest absolute Gasteiger partial charge is 0.507 e. The number of phenols is 10. The van der Waals surface area contributed by atoms with E-state index in [1.54, 1.807) is 0 Å². The van der Waals surface area contributed by atoms with Gasteiger partial charge in [-0.15, -0.1) is 0 Å². The van der Waals surface area contributed by atoms with E-state index in [0.29, 0.717) is 111 Å². The quantitative estimate of drug-likeness (QED) is 0.0685. The van der Waals surface area contributed by atoms with Gasteiger partial charge in [0.15, 0.2) is 0 Å². The molecule has 0 amide bonds. The molecule has 11 rings (SSSR count). The third-order valence-corrected chi connectivity index (χ3v) is 25.4. The standard InChI is InChI=1S/C112H144O12/c1-103(2,3)83-39-63-31-67-43-85(105(7,8)9)47-71(95(67)115)35-75-51-89(109(19,20)21)55-79(99(75)119)59-123-61-81-57-91(111(25,26)27)53-77(101(81)121)37-73-49-87(107(13,14)15)45-69(97(73)117)33-65-41-84(104(4,5)6)42-66(94(65)114)34-70-46-88(108(16,17)18)50-74(98(70)118)38-78-54-92(112(28,29)30)58-82(102(78)122)62-124-60-80-56-90(110(22,23)24)52-76(100(80)120)36-72-48-86(106(10,11)12)44-68(96(72)116)32-64(40-83)93(63)113/h39-58,113-122H,31-38,59-62H2,1-30H3. The van der Waals surface area contributed by atoms with Gasteiger partial charge in [-0.3, -0.25) is 0 Å². The van der Waals surface area contributed by atoms with Gasteiger partial charge in [0.1, 0.15) is 57.5 Å². The zero-order valence-electron chi connectivity index (χ0n) is 80.3. The Bertz CT molecular complexity index is 5030. The lowest BCUT2D eigenvalue weighted by Gasteiger charge is -2.26. The van der Waals surface area contributed by atoms with Crippen molar-refractivity contribution in [3.8, 4) is 57.5 Å². The molecule has 1 aliphatic heterocycles. The Labute approximate surface area is 741 Å². The summed E-state index contributed by atoms with van der Waals surface area (Å²) in [4.78, 5) is 0. The van der Waals surface area contributed by atoms with Gasteiger partial charge in [-0.1, -0.05) is 305 Å². The highest BCUT2D eigenvalue weighted by molar-refractivity contribution is 5.62. The van der Waals surface area contributed by atoms with Crippen LogP contribution in [0.25, 0.3) is 0 Å². The number of ether oxygens (including phenoxy) is 2. The summed E-state index contributed by atoms with van der Waals surface area (Å²) in [6.45, 7) is 63.7. The smallest absolute Gasteiger partial charge is 0.124 e. The molecule has 0 aromatic heterocycles. The zero-order chi connectivity index (χ0) is 92.1. The van der Waals surface area contributed by atoms with Crippen molar-refractivity contribution < 1.29 is 60.5 Å². The predicted molar refractivity (Wildman–Crippen MR) is 508 cm³/mol. The molecule has 0 saturated heterocycles. The number of fused-ring (bicyclic) bond motifs is 20. The minimum atomic E-state index is -0.404. The van der Waals surface area contributed by atoms with Crippen molar-refractivity contribution in [1.29, 1.82) is 0 Å². The fourth-order valence-corrected chi connectivity index (χ4v) is 16.7. The molecule has 0 aliphatic carbocycles. The van der Waals surface area contributed by atoms with Crippen LogP contribution >= 0.6 is 0 Å². The van der Waals surface area contributed by atoms with E-state index in [-0.39, 0.29) is 157 Å². The van der Waals surface area contributed by atoms with Gasteiger partial charge in [0.05, 0.1) is 26.4 Å². The van der Waals surface area contributed by atoms with Crippen molar-refractivity contribution in [2.24, 2.45) is 0 Å². The second-order valence-electron chi connectivity index (χ2n) is 46.3. The highest BCUT2D eigenvalue weighted by atomic mass is 16.5. The molecule has 0 atom stereocenters. The molecule has 1 heterocycles. The SMILES string of the molecule is CC(C)(C)c1cc2c(O)c(c1)Cc1cc(C(C)(C)C)cc(c1O)Cc1cc(C(C)(C)C)cc(c1O)Cc1cc(C(C)(C)C)cc(c1O)Cc1cc(C(C)(C)C)cc(c1O)COCc1cc(C(C)(C)C)cc(c1O)Cc1cc(C(C)(C)C)cc(c1O)Cc1cc(C(C)(C)C)cc(c1O)Cc1cc(C(C)(C)C)cc(c1O)Cc1cc(C(C)(C)C)cc(c1O)COC2. The highest BCUT2D eigenvalue weighted by Gasteiger charge is 2.33. The van der Waals surface area contributed by atoms with E-state index in [1.807, 2.05) is 121 Å². The van der Waals surface area contributed by atoms with Crippen LogP contribution in [0, 0.1) is 0 Å². The molecule has 20 bridgehead atoms. The van der Waals surface area contributed by atoms with Crippen LogP contribution in [0.5, 0.6) is 57.5 Å². The van der Waals surface area contributed by atoms with Crippen molar-refractivity contribution >= 4 is 0 Å². The zero-order valence-corrected chi connectivity index (χ0v) is 80.3. The number of phenolic OH excluding ortho intramolecular Hbond substituents is 10. The van der Waals surface area contributed by atoms with Gasteiger partial charge in [0, 0.05) is 73.6 Å². The van der Waals surface area contributed by atoms with E-state index in [1.165, 1.54) is 0 Å². The molecule has 0 spiro atoms. The molecule has 10 N–H and O–H groups in total. The van der Waals surface area contributed by atoms with E-state index < -0.39 is 32.5 Å². The first kappa shape index (κ1) is 94.8. The Hall–Kier alpha value is -9.88. The minimum Gasteiger partial charge on any atom is -0.507 e. The molecule has 10 aromatic carbocycles. The topological polar surface area (TPSA) is 221 Å². The van der Waals surface area contributed by atoms with Crippen LogP contribution in [0.3, 0.4) is 0 Å². The first-order chi connectivity index (χ1) is 56.8. The van der Waals surface area contributed by atoms with E-state index >= 15 is 0 Å². The van der Waals surface area contributed by atoms with Gasteiger partial charge >= 0.3 is 0 Å². The van der Waals surface area contributed by atoms with Crippen molar-refractivity contribution in [3.05, 3.63) is 288 Å². The van der Waals surface area contributed by atoms with Gasteiger partial charge in [0.2, 0.25) is 0 Å². The average molecular weight is 1680 g/mol. The van der Waals surface area contributed by atoms with Crippen LogP contribution in [-0.2, 0) is 141 Å². The normalized spacial score (nSPS) is 14.6. The average Bonchev–Trinajstić information content (AvgIpc) is 1.15. The third kappa shape index (κ3) is 21.4. The Kier molecular flexibility index (Phi) is 26.1. The molecule has 12 heteroatoms. The minimum absolute atomic E-state index is 0.0219. The van der Waals surface area contributed by atoms with Gasteiger partial charge in [-0.25, -0.2) is 0 Å². The van der Waals surface area contributed by atoms with Crippen molar-refractivity contribution in [3.63, 3.8) is 0 Å². The van der Waals surface area contributed by atoms with Gasteiger partial charge in [-0.05, 0) is 223 Å². The van der Waals surface area contributed by atoms with Gasteiger partial charge in [-0.2, -0.15) is 0 Å². The van der Waals surface area contributed by atoms with Gasteiger partial charge in [0.25, 0.3) is 0 Å². The van der Waals surface area contributed by atoms with E-state index in [4.69, 9.17) is 9.47 Å². The van der Waals surface area contributed by atoms with Crippen molar-refractivity contribution in [2.75, 3.05) is 0 Å². The summed E-state index contributed by atoms with van der Waals surface area (Å²) >= 11 is 0. The number of benzene rings is 10. The summed E-state index contributed by atoms with van der Waals surface area (Å²) in [6.07, 6.45) is 1.18.